The molecule has 0 spiro atoms. The maximum atomic E-state index is 12.1. The zero-order valence-corrected chi connectivity index (χ0v) is 14.0. The summed E-state index contributed by atoms with van der Waals surface area (Å²) in [4.78, 5) is 27.0. The molecule has 2 aromatic rings. The SMILES string of the molecule is C[C@H](NC(=O)c1ncc2c(c1O)=CCC(Oc1ccccc1)C=2)C(=O)O. The van der Waals surface area contributed by atoms with Crippen molar-refractivity contribution in [3.8, 4) is 11.5 Å². The quantitative estimate of drug-likeness (QED) is 0.717. The fourth-order valence-corrected chi connectivity index (χ4v) is 2.63. The molecular weight excluding hydrogens is 336 g/mol. The van der Waals surface area contributed by atoms with E-state index in [0.717, 1.165) is 5.75 Å². The van der Waals surface area contributed by atoms with Crippen molar-refractivity contribution in [1.29, 1.82) is 0 Å². The first-order valence-electron chi connectivity index (χ1n) is 8.11. The molecular formula is C19H18N2O5. The zero-order valence-electron chi connectivity index (χ0n) is 14.0. The molecule has 134 valence electrons. The third kappa shape index (κ3) is 3.66. The van der Waals surface area contributed by atoms with Crippen molar-refractivity contribution in [3.63, 3.8) is 0 Å². The second-order valence-electron chi connectivity index (χ2n) is 5.93. The highest BCUT2D eigenvalue weighted by molar-refractivity contribution is 5.97. The van der Waals surface area contributed by atoms with Crippen LogP contribution < -0.4 is 20.5 Å². The van der Waals surface area contributed by atoms with E-state index < -0.39 is 17.9 Å². The molecule has 1 unspecified atom stereocenters. The van der Waals surface area contributed by atoms with Crippen molar-refractivity contribution < 1.29 is 24.5 Å². The number of benzene rings is 1. The van der Waals surface area contributed by atoms with Gasteiger partial charge in [0.1, 0.15) is 17.9 Å². The number of carbonyl (C=O) groups excluding carboxylic acids is 1. The summed E-state index contributed by atoms with van der Waals surface area (Å²) in [5.74, 6) is -1.44. The van der Waals surface area contributed by atoms with Crippen LogP contribution in [-0.2, 0) is 4.79 Å². The van der Waals surface area contributed by atoms with E-state index >= 15 is 0 Å². The van der Waals surface area contributed by atoms with Gasteiger partial charge in [0.15, 0.2) is 11.4 Å². The Morgan fingerprint density at radius 3 is 2.73 bits per heavy atom. The Labute approximate surface area is 149 Å². The molecule has 7 nitrogen and oxygen atoms in total. The Kier molecular flexibility index (Phi) is 4.88. The molecule has 7 heteroatoms. The number of hydrogen-bond donors (Lipinski definition) is 3. The maximum absolute atomic E-state index is 12.1. The predicted octanol–water partition coefficient (Wildman–Crippen LogP) is 0.402. The molecule has 1 aliphatic carbocycles. The van der Waals surface area contributed by atoms with Gasteiger partial charge < -0.3 is 20.3 Å². The van der Waals surface area contributed by atoms with Gasteiger partial charge in [0.2, 0.25) is 0 Å². The van der Waals surface area contributed by atoms with E-state index in [4.69, 9.17) is 9.84 Å². The van der Waals surface area contributed by atoms with Crippen LogP contribution in [0.25, 0.3) is 12.2 Å². The number of nitrogens with zero attached hydrogens (tertiary/aromatic N) is 1. The zero-order chi connectivity index (χ0) is 18.7. The van der Waals surface area contributed by atoms with Gasteiger partial charge >= 0.3 is 5.97 Å². The molecule has 1 heterocycles. The Hall–Kier alpha value is -3.35. The van der Waals surface area contributed by atoms with Crippen LogP contribution in [0, 0.1) is 0 Å². The molecule has 2 atom stereocenters. The largest absolute Gasteiger partial charge is 0.505 e. The highest BCUT2D eigenvalue weighted by Crippen LogP contribution is 2.15. The third-order valence-electron chi connectivity index (χ3n) is 4.01. The number of carbonyl (C=O) groups is 2. The van der Waals surface area contributed by atoms with Gasteiger partial charge in [0, 0.05) is 23.1 Å². The van der Waals surface area contributed by atoms with Gasteiger partial charge in [-0.05, 0) is 25.1 Å². The number of rotatable bonds is 5. The summed E-state index contributed by atoms with van der Waals surface area (Å²) < 4.78 is 5.87. The summed E-state index contributed by atoms with van der Waals surface area (Å²) in [6, 6.07) is 8.29. The molecule has 3 N–H and O–H groups in total. The first-order chi connectivity index (χ1) is 12.5. The van der Waals surface area contributed by atoms with Crippen LogP contribution in [0.2, 0.25) is 0 Å². The summed E-state index contributed by atoms with van der Waals surface area (Å²) in [5.41, 5.74) is -0.205. The number of aromatic hydroxyl groups is 1. The maximum Gasteiger partial charge on any atom is 0.325 e. The van der Waals surface area contributed by atoms with E-state index in [0.29, 0.717) is 16.9 Å². The summed E-state index contributed by atoms with van der Waals surface area (Å²) >= 11 is 0. The minimum absolute atomic E-state index is 0.205. The molecule has 1 amide bonds. The molecule has 1 aromatic heterocycles. The second kappa shape index (κ2) is 7.26. The topological polar surface area (TPSA) is 109 Å². The van der Waals surface area contributed by atoms with Gasteiger partial charge in [-0.2, -0.15) is 0 Å². The first kappa shape index (κ1) is 17.5. The number of carboxylic acid groups (broad SMARTS) is 1. The van der Waals surface area contributed by atoms with Crippen molar-refractivity contribution in [2.45, 2.75) is 25.5 Å². The first-order valence-corrected chi connectivity index (χ1v) is 8.11. The van der Waals surface area contributed by atoms with Gasteiger partial charge in [-0.25, -0.2) is 4.98 Å². The number of nitrogens with one attached hydrogen (secondary N) is 1. The minimum Gasteiger partial charge on any atom is -0.505 e. The average Bonchev–Trinajstić information content (AvgIpc) is 2.62. The van der Waals surface area contributed by atoms with E-state index in [2.05, 4.69) is 10.3 Å². The number of pyridine rings is 1. The van der Waals surface area contributed by atoms with Crippen LogP contribution in [0.1, 0.15) is 23.8 Å². The minimum atomic E-state index is -1.17. The van der Waals surface area contributed by atoms with Crippen LogP contribution in [-0.4, -0.2) is 39.2 Å². The van der Waals surface area contributed by atoms with Gasteiger partial charge in [-0.1, -0.05) is 24.3 Å². The number of para-hydroxylation sites is 1. The lowest BCUT2D eigenvalue weighted by molar-refractivity contribution is -0.138. The van der Waals surface area contributed by atoms with E-state index in [1.807, 2.05) is 36.4 Å². The lowest BCUT2D eigenvalue weighted by Gasteiger charge is -2.17. The number of aromatic nitrogens is 1. The molecule has 0 saturated carbocycles. The smallest absolute Gasteiger partial charge is 0.325 e. The highest BCUT2D eigenvalue weighted by Gasteiger charge is 2.21. The Balaban J connectivity index is 1.85. The Bertz CT molecular complexity index is 956. The van der Waals surface area contributed by atoms with E-state index in [1.165, 1.54) is 13.1 Å². The van der Waals surface area contributed by atoms with E-state index in [1.54, 1.807) is 6.08 Å². The van der Waals surface area contributed by atoms with Crippen LogP contribution in [0.4, 0.5) is 0 Å². The normalized spacial score (nSPS) is 16.4. The van der Waals surface area contributed by atoms with E-state index in [9.17, 15) is 14.7 Å². The summed E-state index contributed by atoms with van der Waals surface area (Å²) in [5, 5.41) is 22.6. The Morgan fingerprint density at radius 1 is 1.31 bits per heavy atom. The predicted molar refractivity (Wildman–Crippen MR) is 94.1 cm³/mol. The van der Waals surface area contributed by atoms with Crippen molar-refractivity contribution in [2.75, 3.05) is 0 Å². The molecule has 3 rings (SSSR count). The van der Waals surface area contributed by atoms with Gasteiger partial charge in [-0.3, -0.25) is 9.59 Å². The molecule has 0 radical (unpaired) electrons. The van der Waals surface area contributed by atoms with Crippen molar-refractivity contribution in [2.24, 2.45) is 0 Å². The second-order valence-corrected chi connectivity index (χ2v) is 5.93. The van der Waals surface area contributed by atoms with Crippen LogP contribution in [0.5, 0.6) is 11.5 Å². The lowest BCUT2D eigenvalue weighted by atomic mass is 10.1. The fraction of sp³-hybridized carbons (Fsp3) is 0.211. The van der Waals surface area contributed by atoms with Crippen LogP contribution >= 0.6 is 0 Å². The van der Waals surface area contributed by atoms with Gasteiger partial charge in [0.05, 0.1) is 0 Å². The summed E-state index contributed by atoms with van der Waals surface area (Å²) in [6.07, 6.45) is 5.38. The summed E-state index contributed by atoms with van der Waals surface area (Å²) in [7, 11) is 0. The molecule has 0 saturated heterocycles. The monoisotopic (exact) mass is 354 g/mol. The third-order valence-corrected chi connectivity index (χ3v) is 4.01. The lowest BCUT2D eigenvalue weighted by Crippen LogP contribution is -2.40. The number of fused-ring (bicyclic) bond motifs is 1. The molecule has 1 aromatic carbocycles. The van der Waals surface area contributed by atoms with E-state index in [-0.39, 0.29) is 17.5 Å². The van der Waals surface area contributed by atoms with Crippen molar-refractivity contribution in [3.05, 3.63) is 52.7 Å². The van der Waals surface area contributed by atoms with Gasteiger partial charge in [-0.15, -0.1) is 0 Å². The number of ether oxygens (including phenoxy) is 1. The molecule has 1 aliphatic rings. The molecule has 0 aliphatic heterocycles. The average molecular weight is 354 g/mol. The summed E-state index contributed by atoms with van der Waals surface area (Å²) in [6.45, 7) is 1.33. The number of aliphatic carboxylic acids is 1. The highest BCUT2D eigenvalue weighted by atomic mass is 16.5. The number of amides is 1. The van der Waals surface area contributed by atoms with Crippen molar-refractivity contribution >= 4 is 24.0 Å². The van der Waals surface area contributed by atoms with Gasteiger partial charge in [0.25, 0.3) is 5.91 Å². The molecule has 26 heavy (non-hydrogen) atoms. The fourth-order valence-electron chi connectivity index (χ4n) is 2.63. The number of carboxylic acids is 1. The molecule has 0 fully saturated rings. The van der Waals surface area contributed by atoms with Crippen LogP contribution in [0.15, 0.2) is 36.5 Å². The molecule has 0 bridgehead atoms. The standard InChI is InChI=1S/C19H18N2O5/c1-11(19(24)25)21-18(23)16-17(22)15-8-7-14(9-12(15)10-20-16)26-13-5-3-2-4-6-13/h2-6,8-11,14,22H,7H2,1H3,(H,21,23)(H,24,25)/t11-,14?/m0/s1. The van der Waals surface area contributed by atoms with Crippen molar-refractivity contribution in [1.82, 2.24) is 10.3 Å². The Morgan fingerprint density at radius 2 is 2.04 bits per heavy atom. The van der Waals surface area contributed by atoms with Crippen LogP contribution in [0.3, 0.4) is 0 Å². The number of hydrogen-bond acceptors (Lipinski definition) is 5.